The summed E-state index contributed by atoms with van der Waals surface area (Å²) in [6.45, 7) is 0.734. The number of likely N-dealkylation sites (tertiary alicyclic amines) is 1. The summed E-state index contributed by atoms with van der Waals surface area (Å²) in [6, 6.07) is -0.468. The van der Waals surface area contributed by atoms with E-state index in [9.17, 15) is 9.59 Å². The summed E-state index contributed by atoms with van der Waals surface area (Å²) in [7, 11) is 0. The van der Waals surface area contributed by atoms with Crippen LogP contribution < -0.4 is 11.1 Å². The molecule has 86 valence electrons. The molecular formula is C9H17N3O3. The summed E-state index contributed by atoms with van der Waals surface area (Å²) >= 11 is 0. The number of amides is 2. The first-order valence-electron chi connectivity index (χ1n) is 5.07. The highest BCUT2D eigenvalue weighted by Crippen LogP contribution is 2.08. The predicted octanol–water partition coefficient (Wildman–Crippen LogP) is -1.96. The van der Waals surface area contributed by atoms with Gasteiger partial charge in [0.1, 0.15) is 0 Å². The average molecular weight is 215 g/mol. The second kappa shape index (κ2) is 5.67. The molecule has 15 heavy (non-hydrogen) atoms. The molecule has 0 bridgehead atoms. The smallest absolute Gasteiger partial charge is 0.239 e. The van der Waals surface area contributed by atoms with Crippen LogP contribution in [-0.2, 0) is 9.59 Å². The van der Waals surface area contributed by atoms with Crippen molar-refractivity contribution in [2.24, 2.45) is 5.73 Å². The molecule has 0 spiro atoms. The van der Waals surface area contributed by atoms with Crippen molar-refractivity contribution in [3.05, 3.63) is 0 Å². The molecule has 2 amide bonds. The van der Waals surface area contributed by atoms with Gasteiger partial charge >= 0.3 is 0 Å². The Bertz CT molecular complexity index is 245. The van der Waals surface area contributed by atoms with Gasteiger partial charge in [0.25, 0.3) is 0 Å². The van der Waals surface area contributed by atoms with Gasteiger partial charge in [-0.15, -0.1) is 0 Å². The molecule has 1 saturated heterocycles. The largest absolute Gasteiger partial charge is 0.395 e. The molecule has 0 unspecified atom stereocenters. The van der Waals surface area contributed by atoms with E-state index in [1.165, 1.54) is 4.90 Å². The molecule has 6 heteroatoms. The van der Waals surface area contributed by atoms with Crippen LogP contribution in [0.5, 0.6) is 0 Å². The molecule has 1 atom stereocenters. The maximum Gasteiger partial charge on any atom is 0.239 e. The van der Waals surface area contributed by atoms with Crippen molar-refractivity contribution in [2.45, 2.75) is 18.9 Å². The molecule has 6 nitrogen and oxygen atoms in total. The van der Waals surface area contributed by atoms with Crippen molar-refractivity contribution in [2.75, 3.05) is 26.2 Å². The normalized spacial score (nSPS) is 21.6. The third-order valence-corrected chi connectivity index (χ3v) is 2.34. The number of hydrogen-bond donors (Lipinski definition) is 3. The minimum absolute atomic E-state index is 0.0343. The molecule has 1 aliphatic rings. The summed E-state index contributed by atoms with van der Waals surface area (Å²) < 4.78 is 0. The van der Waals surface area contributed by atoms with Crippen LogP contribution in [-0.4, -0.2) is 54.1 Å². The molecule has 0 aromatic rings. The van der Waals surface area contributed by atoms with Gasteiger partial charge in [-0.2, -0.15) is 0 Å². The van der Waals surface area contributed by atoms with E-state index in [0.29, 0.717) is 13.0 Å². The Hall–Kier alpha value is -1.14. The number of nitrogens with two attached hydrogens (primary N) is 1. The van der Waals surface area contributed by atoms with Gasteiger partial charge in [-0.05, 0) is 12.8 Å². The van der Waals surface area contributed by atoms with E-state index in [1.54, 1.807) is 0 Å². The lowest BCUT2D eigenvalue weighted by molar-refractivity contribution is -0.139. The van der Waals surface area contributed by atoms with Crippen LogP contribution in [0.25, 0.3) is 0 Å². The number of nitrogens with one attached hydrogen (secondary N) is 1. The quantitative estimate of drug-likeness (QED) is 0.507. The highest BCUT2D eigenvalue weighted by atomic mass is 16.3. The maximum atomic E-state index is 11.5. The van der Waals surface area contributed by atoms with E-state index in [4.69, 9.17) is 10.8 Å². The first kappa shape index (κ1) is 11.9. The van der Waals surface area contributed by atoms with Crippen LogP contribution in [0.15, 0.2) is 0 Å². The highest BCUT2D eigenvalue weighted by molar-refractivity contribution is 5.87. The van der Waals surface area contributed by atoms with Crippen molar-refractivity contribution in [1.82, 2.24) is 10.2 Å². The van der Waals surface area contributed by atoms with E-state index in [-0.39, 0.29) is 31.5 Å². The lowest BCUT2D eigenvalue weighted by Gasteiger charge is -2.29. The highest BCUT2D eigenvalue weighted by Gasteiger charge is 2.26. The van der Waals surface area contributed by atoms with Gasteiger partial charge in [-0.3, -0.25) is 9.59 Å². The number of rotatable bonds is 4. The van der Waals surface area contributed by atoms with Gasteiger partial charge in [-0.1, -0.05) is 0 Å². The van der Waals surface area contributed by atoms with Gasteiger partial charge < -0.3 is 21.1 Å². The van der Waals surface area contributed by atoms with Gasteiger partial charge in [0.15, 0.2) is 0 Å². The summed E-state index contributed by atoms with van der Waals surface area (Å²) in [4.78, 5) is 24.2. The van der Waals surface area contributed by atoms with Crippen molar-refractivity contribution >= 4 is 11.8 Å². The third-order valence-electron chi connectivity index (χ3n) is 2.34. The first-order valence-corrected chi connectivity index (χ1v) is 5.07. The van der Waals surface area contributed by atoms with Crippen LogP contribution in [0.1, 0.15) is 12.8 Å². The summed E-state index contributed by atoms with van der Waals surface area (Å²) in [5.74, 6) is -0.424. The van der Waals surface area contributed by atoms with Gasteiger partial charge in [0.2, 0.25) is 11.8 Å². The Balaban J connectivity index is 2.36. The van der Waals surface area contributed by atoms with E-state index in [0.717, 1.165) is 6.42 Å². The molecule has 1 rings (SSSR count). The standard InChI is InChI=1S/C9H17N3O3/c10-7-2-1-4-12(9(7)15)6-8(14)11-3-5-13/h7,13H,1-6,10H2,(H,11,14)/t7-/m0/s1. The predicted molar refractivity (Wildman–Crippen MR) is 53.9 cm³/mol. The van der Waals surface area contributed by atoms with Crippen LogP contribution in [0.2, 0.25) is 0 Å². The molecule has 4 N–H and O–H groups in total. The van der Waals surface area contributed by atoms with Crippen LogP contribution in [0.3, 0.4) is 0 Å². The maximum absolute atomic E-state index is 11.5. The monoisotopic (exact) mass is 215 g/mol. The molecule has 1 heterocycles. The van der Waals surface area contributed by atoms with E-state index < -0.39 is 6.04 Å². The minimum atomic E-state index is -0.468. The molecular weight excluding hydrogens is 198 g/mol. The zero-order valence-electron chi connectivity index (χ0n) is 8.61. The van der Waals surface area contributed by atoms with Gasteiger partial charge in [0.05, 0.1) is 19.2 Å². The topological polar surface area (TPSA) is 95.7 Å². The molecule has 0 saturated carbocycles. The summed E-state index contributed by atoms with van der Waals surface area (Å²) in [6.07, 6.45) is 1.52. The Morgan fingerprint density at radius 3 is 3.07 bits per heavy atom. The zero-order chi connectivity index (χ0) is 11.3. The average Bonchev–Trinajstić information content (AvgIpc) is 2.22. The number of aliphatic hydroxyl groups excluding tert-OH is 1. The molecule has 0 aromatic heterocycles. The molecule has 1 fully saturated rings. The van der Waals surface area contributed by atoms with Crippen molar-refractivity contribution in [3.63, 3.8) is 0 Å². The molecule has 0 aliphatic carbocycles. The second-order valence-corrected chi connectivity index (χ2v) is 3.58. The molecule has 0 radical (unpaired) electrons. The fraction of sp³-hybridized carbons (Fsp3) is 0.778. The Morgan fingerprint density at radius 1 is 1.67 bits per heavy atom. The second-order valence-electron chi connectivity index (χ2n) is 3.58. The van der Waals surface area contributed by atoms with Crippen LogP contribution >= 0.6 is 0 Å². The SMILES string of the molecule is N[C@H]1CCCN(CC(=O)NCCO)C1=O. The van der Waals surface area contributed by atoms with Crippen molar-refractivity contribution in [3.8, 4) is 0 Å². The number of carbonyl (C=O) groups is 2. The number of aliphatic hydroxyl groups is 1. The fourth-order valence-corrected chi connectivity index (χ4v) is 1.55. The van der Waals surface area contributed by atoms with Crippen molar-refractivity contribution < 1.29 is 14.7 Å². The zero-order valence-corrected chi connectivity index (χ0v) is 8.61. The fourth-order valence-electron chi connectivity index (χ4n) is 1.55. The van der Waals surface area contributed by atoms with Crippen LogP contribution in [0.4, 0.5) is 0 Å². The number of hydrogen-bond acceptors (Lipinski definition) is 4. The molecule has 1 aliphatic heterocycles. The lowest BCUT2D eigenvalue weighted by atomic mass is 10.1. The van der Waals surface area contributed by atoms with Crippen LogP contribution in [0, 0.1) is 0 Å². The minimum Gasteiger partial charge on any atom is -0.395 e. The van der Waals surface area contributed by atoms with E-state index >= 15 is 0 Å². The summed E-state index contributed by atoms with van der Waals surface area (Å²) in [5, 5.41) is 11.0. The van der Waals surface area contributed by atoms with E-state index in [2.05, 4.69) is 5.32 Å². The van der Waals surface area contributed by atoms with Crippen molar-refractivity contribution in [1.29, 1.82) is 0 Å². The lowest BCUT2D eigenvalue weighted by Crippen LogP contribution is -2.51. The Morgan fingerprint density at radius 2 is 2.40 bits per heavy atom. The van der Waals surface area contributed by atoms with E-state index in [1.807, 2.05) is 0 Å². The number of carbonyl (C=O) groups excluding carboxylic acids is 2. The number of nitrogens with zero attached hydrogens (tertiary/aromatic N) is 1. The Labute approximate surface area is 88.4 Å². The third kappa shape index (κ3) is 3.49. The summed E-state index contributed by atoms with van der Waals surface area (Å²) in [5.41, 5.74) is 5.58. The number of piperidine rings is 1. The Kier molecular flexibility index (Phi) is 4.51. The molecule has 0 aromatic carbocycles. The van der Waals surface area contributed by atoms with Gasteiger partial charge in [-0.25, -0.2) is 0 Å². The first-order chi connectivity index (χ1) is 7.15. The van der Waals surface area contributed by atoms with Gasteiger partial charge in [0, 0.05) is 13.1 Å².